The zero-order chi connectivity index (χ0) is 27.0. The molecule has 2 aromatic rings. The van der Waals surface area contributed by atoms with Crippen LogP contribution < -0.4 is 14.4 Å². The molecule has 1 N–H and O–H groups in total. The van der Waals surface area contributed by atoms with E-state index in [2.05, 4.69) is 5.32 Å². The molecular formula is C25H35FN4O5S. The number of anilines is 1. The van der Waals surface area contributed by atoms with E-state index in [1.807, 2.05) is 13.8 Å². The summed E-state index contributed by atoms with van der Waals surface area (Å²) in [5.41, 5.74) is 0.857. The van der Waals surface area contributed by atoms with Crippen molar-refractivity contribution < 1.29 is 27.1 Å². The van der Waals surface area contributed by atoms with Crippen LogP contribution >= 0.6 is 0 Å². The van der Waals surface area contributed by atoms with Gasteiger partial charge in [0, 0.05) is 26.7 Å². The number of halogens is 1. The molecule has 9 nitrogen and oxygen atoms in total. The Balaban J connectivity index is 2.43. The molecular weight excluding hydrogens is 487 g/mol. The smallest absolute Gasteiger partial charge is 0.304 e. The van der Waals surface area contributed by atoms with E-state index < -0.39 is 34.5 Å². The Morgan fingerprint density at radius 3 is 2.11 bits per heavy atom. The predicted octanol–water partition coefficient (Wildman–Crippen LogP) is 2.78. The third-order valence-electron chi connectivity index (χ3n) is 5.81. The van der Waals surface area contributed by atoms with E-state index in [0.29, 0.717) is 12.2 Å². The molecule has 2 atom stereocenters. The van der Waals surface area contributed by atoms with Crippen LogP contribution in [0.15, 0.2) is 48.5 Å². The van der Waals surface area contributed by atoms with Crippen LogP contribution in [-0.4, -0.2) is 69.3 Å². The largest absolute Gasteiger partial charge is 0.497 e. The van der Waals surface area contributed by atoms with Crippen LogP contribution in [0.1, 0.15) is 32.8 Å². The van der Waals surface area contributed by atoms with E-state index in [9.17, 15) is 22.4 Å². The van der Waals surface area contributed by atoms with Crippen LogP contribution in [0, 0.1) is 5.82 Å². The summed E-state index contributed by atoms with van der Waals surface area (Å²) in [5, 5.41) is 2.87. The molecule has 36 heavy (non-hydrogen) atoms. The van der Waals surface area contributed by atoms with E-state index in [1.165, 1.54) is 31.1 Å². The summed E-state index contributed by atoms with van der Waals surface area (Å²) in [7, 11) is 0.120. The minimum absolute atomic E-state index is 0.0667. The zero-order valence-corrected chi connectivity index (χ0v) is 22.4. The minimum Gasteiger partial charge on any atom is -0.497 e. The molecule has 0 fully saturated rings. The molecule has 2 rings (SSSR count). The Morgan fingerprint density at radius 2 is 1.61 bits per heavy atom. The average Bonchev–Trinajstić information content (AvgIpc) is 2.85. The fourth-order valence-corrected chi connectivity index (χ4v) is 4.36. The fraction of sp³-hybridized carbons (Fsp3) is 0.440. The van der Waals surface area contributed by atoms with E-state index in [4.69, 9.17) is 4.74 Å². The van der Waals surface area contributed by atoms with Gasteiger partial charge in [0.15, 0.2) is 0 Å². The van der Waals surface area contributed by atoms with Crippen LogP contribution in [-0.2, 0) is 26.3 Å². The third kappa shape index (κ3) is 7.41. The maximum absolute atomic E-state index is 13.6. The standard InChI is InChI=1S/C25H35FN4O5S/c1-7-18(2)27-25(32)19(3)29(16-20-8-14-23(35-6)15-9-20)24(31)17-30(36(33,34)28(4)5)22-12-10-21(26)11-13-22/h8-15,18-19H,7,16-17H2,1-6H3,(H,27,32)/t18-,19-/m1/s1. The quantitative estimate of drug-likeness (QED) is 0.462. The van der Waals surface area contributed by atoms with Gasteiger partial charge in [-0.1, -0.05) is 19.1 Å². The highest BCUT2D eigenvalue weighted by molar-refractivity contribution is 7.90. The fourth-order valence-electron chi connectivity index (χ4n) is 3.30. The van der Waals surface area contributed by atoms with Gasteiger partial charge >= 0.3 is 10.2 Å². The van der Waals surface area contributed by atoms with E-state index in [1.54, 1.807) is 38.3 Å². The molecule has 2 aromatic carbocycles. The molecule has 0 aliphatic heterocycles. The molecule has 0 heterocycles. The maximum Gasteiger partial charge on any atom is 0.304 e. The number of carbonyl (C=O) groups is 2. The highest BCUT2D eigenvalue weighted by atomic mass is 32.2. The normalized spacial score (nSPS) is 13.1. The van der Waals surface area contributed by atoms with Gasteiger partial charge in [0.25, 0.3) is 0 Å². The molecule has 0 unspecified atom stereocenters. The second-order valence-corrected chi connectivity index (χ2v) is 10.7. The summed E-state index contributed by atoms with van der Waals surface area (Å²) in [6.07, 6.45) is 0.713. The van der Waals surface area contributed by atoms with Crippen molar-refractivity contribution in [2.75, 3.05) is 32.1 Å². The monoisotopic (exact) mass is 522 g/mol. The Bertz CT molecular complexity index is 1120. The van der Waals surface area contributed by atoms with E-state index >= 15 is 0 Å². The molecule has 11 heteroatoms. The van der Waals surface area contributed by atoms with Gasteiger partial charge in [0.2, 0.25) is 11.8 Å². The molecule has 0 aliphatic carbocycles. The van der Waals surface area contributed by atoms with Crippen LogP contribution in [0.25, 0.3) is 0 Å². The Labute approximate surface area is 213 Å². The highest BCUT2D eigenvalue weighted by Crippen LogP contribution is 2.22. The first kappa shape index (κ1) is 29.1. The van der Waals surface area contributed by atoms with Crippen molar-refractivity contribution in [3.8, 4) is 5.75 Å². The first-order chi connectivity index (χ1) is 16.9. The number of ether oxygens (including phenoxy) is 1. The van der Waals surface area contributed by atoms with Gasteiger partial charge < -0.3 is 15.0 Å². The second kappa shape index (κ2) is 12.7. The molecule has 2 amide bonds. The lowest BCUT2D eigenvalue weighted by molar-refractivity contribution is -0.139. The summed E-state index contributed by atoms with van der Waals surface area (Å²) in [5.74, 6) is -0.843. The summed E-state index contributed by atoms with van der Waals surface area (Å²) in [4.78, 5) is 27.9. The van der Waals surface area contributed by atoms with Gasteiger partial charge in [0.05, 0.1) is 12.8 Å². The van der Waals surface area contributed by atoms with Crippen molar-refractivity contribution in [2.45, 2.75) is 45.8 Å². The number of methoxy groups -OCH3 is 1. The van der Waals surface area contributed by atoms with Gasteiger partial charge in [0.1, 0.15) is 24.2 Å². The van der Waals surface area contributed by atoms with Gasteiger partial charge in [-0.3, -0.25) is 9.59 Å². The van der Waals surface area contributed by atoms with Crippen molar-refractivity contribution in [3.05, 3.63) is 59.9 Å². The average molecular weight is 523 g/mol. The lowest BCUT2D eigenvalue weighted by Gasteiger charge is -2.33. The first-order valence-electron chi connectivity index (χ1n) is 11.6. The van der Waals surface area contributed by atoms with Crippen LogP contribution in [0.4, 0.5) is 10.1 Å². The SMILES string of the molecule is CC[C@@H](C)NC(=O)[C@@H](C)N(Cc1ccc(OC)cc1)C(=O)CN(c1ccc(F)cc1)S(=O)(=O)N(C)C. The van der Waals surface area contributed by atoms with Crippen molar-refractivity contribution in [3.63, 3.8) is 0 Å². The second-order valence-electron chi connectivity index (χ2n) is 8.64. The number of amides is 2. The minimum atomic E-state index is -4.10. The lowest BCUT2D eigenvalue weighted by atomic mass is 10.1. The lowest BCUT2D eigenvalue weighted by Crippen LogP contribution is -2.53. The van der Waals surface area contributed by atoms with E-state index in [0.717, 1.165) is 26.3 Å². The Morgan fingerprint density at radius 1 is 1.03 bits per heavy atom. The molecule has 0 aliphatic rings. The maximum atomic E-state index is 13.6. The predicted molar refractivity (Wildman–Crippen MR) is 137 cm³/mol. The molecule has 0 aromatic heterocycles. The summed E-state index contributed by atoms with van der Waals surface area (Å²) >= 11 is 0. The number of benzene rings is 2. The molecule has 0 spiro atoms. The topological polar surface area (TPSA) is 99.3 Å². The van der Waals surface area contributed by atoms with Crippen molar-refractivity contribution in [1.82, 2.24) is 14.5 Å². The molecule has 0 saturated carbocycles. The summed E-state index contributed by atoms with van der Waals surface area (Å²) in [6.45, 7) is 4.88. The molecule has 0 radical (unpaired) electrons. The molecule has 0 bridgehead atoms. The number of rotatable bonds is 12. The Kier molecular flexibility index (Phi) is 10.2. The number of carbonyl (C=O) groups excluding carboxylic acids is 2. The van der Waals surface area contributed by atoms with E-state index in [-0.39, 0.29) is 24.2 Å². The van der Waals surface area contributed by atoms with Gasteiger partial charge in [-0.25, -0.2) is 8.70 Å². The first-order valence-corrected chi connectivity index (χ1v) is 13.0. The number of hydrogen-bond donors (Lipinski definition) is 1. The van der Waals surface area contributed by atoms with Gasteiger partial charge in [-0.2, -0.15) is 12.7 Å². The molecule has 198 valence electrons. The van der Waals surface area contributed by atoms with Crippen LogP contribution in [0.3, 0.4) is 0 Å². The zero-order valence-electron chi connectivity index (χ0n) is 21.6. The summed E-state index contributed by atoms with van der Waals surface area (Å²) in [6, 6.07) is 10.9. The van der Waals surface area contributed by atoms with Crippen molar-refractivity contribution in [1.29, 1.82) is 0 Å². The molecule has 0 saturated heterocycles. The van der Waals surface area contributed by atoms with Crippen molar-refractivity contribution in [2.24, 2.45) is 0 Å². The Hall–Kier alpha value is -3.18. The summed E-state index contributed by atoms with van der Waals surface area (Å²) < 4.78 is 46.7. The number of hydrogen-bond acceptors (Lipinski definition) is 5. The van der Waals surface area contributed by atoms with Crippen LogP contribution in [0.2, 0.25) is 0 Å². The van der Waals surface area contributed by atoms with Crippen LogP contribution in [0.5, 0.6) is 5.75 Å². The van der Waals surface area contributed by atoms with Crippen molar-refractivity contribution >= 4 is 27.7 Å². The number of nitrogens with one attached hydrogen (secondary N) is 1. The van der Waals surface area contributed by atoms with Gasteiger partial charge in [-0.15, -0.1) is 0 Å². The number of nitrogens with zero attached hydrogens (tertiary/aromatic N) is 3. The third-order valence-corrected chi connectivity index (χ3v) is 7.63. The highest BCUT2D eigenvalue weighted by Gasteiger charge is 2.32. The van der Waals surface area contributed by atoms with Gasteiger partial charge in [-0.05, 0) is 62.2 Å².